The van der Waals surface area contributed by atoms with Gasteiger partial charge in [0.1, 0.15) is 17.7 Å². The summed E-state index contributed by atoms with van der Waals surface area (Å²) in [7, 11) is 0. The van der Waals surface area contributed by atoms with Gasteiger partial charge in [-0.3, -0.25) is 9.59 Å². The van der Waals surface area contributed by atoms with Crippen molar-refractivity contribution < 1.29 is 24.2 Å². The highest BCUT2D eigenvalue weighted by atomic mass is 16.6. The van der Waals surface area contributed by atoms with E-state index in [4.69, 9.17) is 9.84 Å². The maximum Gasteiger partial charge on any atom is 0.408 e. The van der Waals surface area contributed by atoms with Crippen LogP contribution >= 0.6 is 0 Å². The Morgan fingerprint density at radius 3 is 2.17 bits per heavy atom. The summed E-state index contributed by atoms with van der Waals surface area (Å²) in [4.78, 5) is 37.7. The Kier molecular flexibility index (Phi) is 10.3. The number of carbonyl (C=O) groups excluding carboxylic acids is 3. The molecule has 8 heteroatoms. The van der Waals surface area contributed by atoms with Gasteiger partial charge in [-0.25, -0.2) is 4.79 Å². The normalized spacial score (nSPS) is 13.3. The molecule has 0 fully saturated rings. The third-order valence-electron chi connectivity index (χ3n) is 4.04. The molecule has 0 unspecified atom stereocenters. The molecule has 1 aromatic rings. The zero-order valence-corrected chi connectivity index (χ0v) is 18.5. The molecule has 1 rings (SSSR count). The van der Waals surface area contributed by atoms with Crippen LogP contribution in [0.4, 0.5) is 4.79 Å². The van der Waals surface area contributed by atoms with E-state index in [-0.39, 0.29) is 31.4 Å². The van der Waals surface area contributed by atoms with Crippen LogP contribution < -0.4 is 16.0 Å². The second-order valence-electron chi connectivity index (χ2n) is 8.59. The number of rotatable bonds is 10. The molecule has 8 nitrogen and oxygen atoms in total. The van der Waals surface area contributed by atoms with Crippen molar-refractivity contribution in [3.8, 4) is 0 Å². The van der Waals surface area contributed by atoms with Gasteiger partial charge in [-0.2, -0.15) is 0 Å². The van der Waals surface area contributed by atoms with Crippen LogP contribution in [-0.2, 0) is 20.7 Å². The van der Waals surface area contributed by atoms with E-state index in [2.05, 4.69) is 16.0 Å². The van der Waals surface area contributed by atoms with Gasteiger partial charge in [0.15, 0.2) is 0 Å². The Balaban J connectivity index is 2.96. The lowest BCUT2D eigenvalue weighted by molar-refractivity contribution is -0.130. The van der Waals surface area contributed by atoms with Crippen LogP contribution in [-0.4, -0.2) is 53.9 Å². The molecule has 4 N–H and O–H groups in total. The number of benzene rings is 1. The summed E-state index contributed by atoms with van der Waals surface area (Å²) >= 11 is 0. The second-order valence-corrected chi connectivity index (χ2v) is 8.59. The van der Waals surface area contributed by atoms with Crippen molar-refractivity contribution >= 4 is 17.9 Å². The van der Waals surface area contributed by atoms with Crippen LogP contribution in [0.15, 0.2) is 30.3 Å². The van der Waals surface area contributed by atoms with Gasteiger partial charge in [-0.05, 0) is 38.7 Å². The Bertz CT molecular complexity index is 686. The van der Waals surface area contributed by atoms with Crippen molar-refractivity contribution in [3.63, 3.8) is 0 Å². The fourth-order valence-corrected chi connectivity index (χ4v) is 2.79. The molecular formula is C22H35N3O5. The summed E-state index contributed by atoms with van der Waals surface area (Å²) in [5, 5.41) is 16.9. The van der Waals surface area contributed by atoms with Gasteiger partial charge < -0.3 is 25.8 Å². The lowest BCUT2D eigenvalue weighted by Crippen LogP contribution is -2.55. The number of alkyl carbamates (subject to hydrolysis) is 1. The Morgan fingerprint density at radius 2 is 1.63 bits per heavy atom. The van der Waals surface area contributed by atoms with E-state index in [1.54, 1.807) is 20.8 Å². The third kappa shape index (κ3) is 10.2. The summed E-state index contributed by atoms with van der Waals surface area (Å²) in [6.07, 6.45) is -0.0322. The van der Waals surface area contributed by atoms with Crippen molar-refractivity contribution in [2.45, 2.75) is 65.1 Å². The molecule has 0 aliphatic rings. The molecule has 0 aliphatic heterocycles. The first-order valence-electron chi connectivity index (χ1n) is 10.2. The Hall–Kier alpha value is -2.61. The number of hydrogen-bond donors (Lipinski definition) is 4. The van der Waals surface area contributed by atoms with Crippen LogP contribution in [0.2, 0.25) is 0 Å². The first-order valence-corrected chi connectivity index (χ1v) is 10.2. The van der Waals surface area contributed by atoms with Gasteiger partial charge in [-0.15, -0.1) is 0 Å². The average Bonchev–Trinajstić information content (AvgIpc) is 2.64. The summed E-state index contributed by atoms with van der Waals surface area (Å²) in [5.74, 6) is -0.696. The van der Waals surface area contributed by atoms with E-state index in [1.807, 2.05) is 44.2 Å². The van der Waals surface area contributed by atoms with E-state index in [9.17, 15) is 14.4 Å². The SMILES string of the molecule is CC(C)C[C@H](NC(=O)[C@H](Cc1ccccc1)NC(=O)OC(C)(C)C)C(=O)NCCO. The van der Waals surface area contributed by atoms with Crippen molar-refractivity contribution in [2.75, 3.05) is 13.2 Å². The number of aliphatic hydroxyl groups excluding tert-OH is 1. The minimum atomic E-state index is -0.914. The first-order chi connectivity index (χ1) is 14.0. The summed E-state index contributed by atoms with van der Waals surface area (Å²) in [6, 6.07) is 7.59. The maximum atomic E-state index is 13.0. The molecule has 0 aliphatic carbocycles. The number of carbonyl (C=O) groups is 3. The average molecular weight is 422 g/mol. The molecule has 0 spiro atoms. The largest absolute Gasteiger partial charge is 0.444 e. The van der Waals surface area contributed by atoms with Crippen LogP contribution in [0, 0.1) is 5.92 Å². The fourth-order valence-electron chi connectivity index (χ4n) is 2.79. The predicted octanol–water partition coefficient (Wildman–Crippen LogP) is 1.76. The monoisotopic (exact) mass is 421 g/mol. The molecule has 0 heterocycles. The highest BCUT2D eigenvalue weighted by molar-refractivity contribution is 5.91. The maximum absolute atomic E-state index is 13.0. The zero-order valence-electron chi connectivity index (χ0n) is 18.5. The van der Waals surface area contributed by atoms with Gasteiger partial charge in [0.25, 0.3) is 0 Å². The smallest absolute Gasteiger partial charge is 0.408 e. The summed E-state index contributed by atoms with van der Waals surface area (Å²) in [6.45, 7) is 9.02. The molecule has 3 amide bonds. The summed E-state index contributed by atoms with van der Waals surface area (Å²) < 4.78 is 5.29. The minimum Gasteiger partial charge on any atom is -0.444 e. The molecular weight excluding hydrogens is 386 g/mol. The Labute approximate surface area is 178 Å². The van der Waals surface area contributed by atoms with E-state index < -0.39 is 29.7 Å². The van der Waals surface area contributed by atoms with E-state index in [0.29, 0.717) is 6.42 Å². The molecule has 0 bridgehead atoms. The standard InChI is InChI=1S/C22H35N3O5/c1-15(2)13-17(19(27)23-11-12-26)24-20(28)18(14-16-9-7-6-8-10-16)25-21(29)30-22(3,4)5/h6-10,15,17-18,26H,11-14H2,1-5H3,(H,23,27)(H,24,28)(H,25,29)/t17-,18-/m0/s1. The van der Waals surface area contributed by atoms with Crippen LogP contribution in [0.1, 0.15) is 46.6 Å². The highest BCUT2D eigenvalue weighted by Gasteiger charge is 2.29. The van der Waals surface area contributed by atoms with Gasteiger partial charge >= 0.3 is 6.09 Å². The summed E-state index contributed by atoms with van der Waals surface area (Å²) in [5.41, 5.74) is 0.154. The van der Waals surface area contributed by atoms with Crippen LogP contribution in [0.25, 0.3) is 0 Å². The van der Waals surface area contributed by atoms with Crippen LogP contribution in [0.3, 0.4) is 0 Å². The molecule has 168 valence electrons. The van der Waals surface area contributed by atoms with Gasteiger partial charge in [-0.1, -0.05) is 44.2 Å². The molecule has 30 heavy (non-hydrogen) atoms. The molecule has 2 atom stereocenters. The van der Waals surface area contributed by atoms with E-state index in [0.717, 1.165) is 5.56 Å². The molecule has 0 radical (unpaired) electrons. The van der Waals surface area contributed by atoms with E-state index >= 15 is 0 Å². The topological polar surface area (TPSA) is 117 Å². The number of ether oxygens (including phenoxy) is 1. The van der Waals surface area contributed by atoms with Crippen molar-refractivity contribution in [2.24, 2.45) is 5.92 Å². The molecule has 1 aromatic carbocycles. The number of nitrogens with one attached hydrogen (secondary N) is 3. The molecule has 0 aromatic heterocycles. The Morgan fingerprint density at radius 1 is 1.00 bits per heavy atom. The van der Waals surface area contributed by atoms with Crippen molar-refractivity contribution in [1.82, 2.24) is 16.0 Å². The fraction of sp³-hybridized carbons (Fsp3) is 0.591. The number of amides is 3. The second kappa shape index (κ2) is 12.2. The molecule has 0 saturated heterocycles. The van der Waals surface area contributed by atoms with E-state index in [1.165, 1.54) is 0 Å². The lowest BCUT2D eigenvalue weighted by Gasteiger charge is -2.26. The first kappa shape index (κ1) is 25.4. The number of hydrogen-bond acceptors (Lipinski definition) is 5. The quantitative estimate of drug-likeness (QED) is 0.459. The van der Waals surface area contributed by atoms with Crippen molar-refractivity contribution in [1.29, 1.82) is 0 Å². The van der Waals surface area contributed by atoms with Gasteiger partial charge in [0, 0.05) is 13.0 Å². The van der Waals surface area contributed by atoms with Gasteiger partial charge in [0.05, 0.1) is 6.61 Å². The predicted molar refractivity (Wildman–Crippen MR) is 115 cm³/mol. The number of aliphatic hydroxyl groups is 1. The lowest BCUT2D eigenvalue weighted by atomic mass is 10.0. The highest BCUT2D eigenvalue weighted by Crippen LogP contribution is 2.10. The molecule has 0 saturated carbocycles. The van der Waals surface area contributed by atoms with Crippen molar-refractivity contribution in [3.05, 3.63) is 35.9 Å². The minimum absolute atomic E-state index is 0.104. The third-order valence-corrected chi connectivity index (χ3v) is 4.04. The zero-order chi connectivity index (χ0) is 22.7. The van der Waals surface area contributed by atoms with Crippen LogP contribution in [0.5, 0.6) is 0 Å². The van der Waals surface area contributed by atoms with Gasteiger partial charge in [0.2, 0.25) is 11.8 Å².